The van der Waals surface area contributed by atoms with Gasteiger partial charge >= 0.3 is 6.09 Å². The van der Waals surface area contributed by atoms with E-state index >= 15 is 0 Å². The molecule has 0 aliphatic heterocycles. The second-order valence-corrected chi connectivity index (χ2v) is 6.19. The standard InChI is InChI=1S/C12H25NO3/c1-11(2,3)9-13(7-8-14)10(15)16-12(4,5)6/h14H,7-9H2,1-6H3. The molecule has 96 valence electrons. The van der Waals surface area contributed by atoms with Crippen molar-refractivity contribution in [1.29, 1.82) is 0 Å². The fraction of sp³-hybridized carbons (Fsp3) is 0.917. The second-order valence-electron chi connectivity index (χ2n) is 6.19. The van der Waals surface area contributed by atoms with Crippen LogP contribution in [0.25, 0.3) is 0 Å². The molecule has 0 spiro atoms. The fourth-order valence-electron chi connectivity index (χ4n) is 1.25. The normalized spacial score (nSPS) is 12.4. The Morgan fingerprint density at radius 3 is 2.00 bits per heavy atom. The van der Waals surface area contributed by atoms with E-state index < -0.39 is 5.60 Å². The van der Waals surface area contributed by atoms with Crippen molar-refractivity contribution in [3.05, 3.63) is 0 Å². The van der Waals surface area contributed by atoms with Gasteiger partial charge in [-0.2, -0.15) is 0 Å². The predicted molar refractivity (Wildman–Crippen MR) is 64.3 cm³/mol. The van der Waals surface area contributed by atoms with Crippen molar-refractivity contribution in [3.63, 3.8) is 0 Å². The largest absolute Gasteiger partial charge is 0.444 e. The first-order chi connectivity index (χ1) is 7.05. The van der Waals surface area contributed by atoms with E-state index in [1.54, 1.807) is 4.90 Å². The molecule has 0 bridgehead atoms. The molecule has 0 saturated carbocycles. The van der Waals surface area contributed by atoms with Gasteiger partial charge in [-0.25, -0.2) is 4.79 Å². The van der Waals surface area contributed by atoms with Crippen molar-refractivity contribution in [2.24, 2.45) is 5.41 Å². The van der Waals surface area contributed by atoms with Crippen molar-refractivity contribution in [3.8, 4) is 0 Å². The maximum absolute atomic E-state index is 11.8. The number of ether oxygens (including phenoxy) is 1. The van der Waals surface area contributed by atoms with Gasteiger partial charge in [0.15, 0.2) is 0 Å². The van der Waals surface area contributed by atoms with Crippen LogP contribution in [-0.4, -0.2) is 41.4 Å². The molecule has 0 aromatic rings. The lowest BCUT2D eigenvalue weighted by Crippen LogP contribution is -2.42. The minimum absolute atomic E-state index is 0.00786. The smallest absolute Gasteiger partial charge is 0.410 e. The molecule has 4 nitrogen and oxygen atoms in total. The van der Waals surface area contributed by atoms with Gasteiger partial charge in [-0.1, -0.05) is 20.8 Å². The second kappa shape index (κ2) is 5.53. The van der Waals surface area contributed by atoms with E-state index in [2.05, 4.69) is 0 Å². The number of hydrogen-bond donors (Lipinski definition) is 1. The van der Waals surface area contributed by atoms with Crippen molar-refractivity contribution >= 4 is 6.09 Å². The maximum atomic E-state index is 11.8. The van der Waals surface area contributed by atoms with Crippen LogP contribution in [0.3, 0.4) is 0 Å². The molecule has 4 heteroatoms. The number of carbonyl (C=O) groups excluding carboxylic acids is 1. The molecule has 1 N–H and O–H groups in total. The molecule has 0 heterocycles. The summed E-state index contributed by atoms with van der Waals surface area (Å²) in [4.78, 5) is 13.4. The van der Waals surface area contributed by atoms with Crippen LogP contribution in [0.15, 0.2) is 0 Å². The van der Waals surface area contributed by atoms with E-state index in [9.17, 15) is 4.79 Å². The monoisotopic (exact) mass is 231 g/mol. The summed E-state index contributed by atoms with van der Waals surface area (Å²) in [6.07, 6.45) is -0.364. The zero-order valence-electron chi connectivity index (χ0n) is 11.3. The van der Waals surface area contributed by atoms with Crippen LogP contribution >= 0.6 is 0 Å². The Bertz CT molecular complexity index is 225. The summed E-state index contributed by atoms with van der Waals surface area (Å²) in [5.74, 6) is 0. The number of rotatable bonds is 3. The summed E-state index contributed by atoms with van der Waals surface area (Å²) in [5, 5.41) is 8.93. The molecular formula is C12H25NO3. The first kappa shape index (κ1) is 15.2. The zero-order chi connectivity index (χ0) is 13.0. The fourth-order valence-corrected chi connectivity index (χ4v) is 1.25. The molecule has 0 fully saturated rings. The van der Waals surface area contributed by atoms with Gasteiger partial charge < -0.3 is 14.7 Å². The molecule has 0 aromatic carbocycles. The van der Waals surface area contributed by atoms with E-state index in [-0.39, 0.29) is 18.1 Å². The third-order valence-corrected chi connectivity index (χ3v) is 1.69. The van der Waals surface area contributed by atoms with E-state index in [1.807, 2.05) is 41.5 Å². The van der Waals surface area contributed by atoms with Crippen LogP contribution in [0.5, 0.6) is 0 Å². The first-order valence-corrected chi connectivity index (χ1v) is 5.64. The molecule has 0 rings (SSSR count). The Morgan fingerprint density at radius 2 is 1.69 bits per heavy atom. The Hall–Kier alpha value is -0.770. The third-order valence-electron chi connectivity index (χ3n) is 1.69. The average Bonchev–Trinajstić information content (AvgIpc) is 1.97. The van der Waals surface area contributed by atoms with Crippen LogP contribution in [0.4, 0.5) is 4.79 Å². The van der Waals surface area contributed by atoms with Crippen molar-refractivity contribution in [2.45, 2.75) is 47.1 Å². The highest BCUT2D eigenvalue weighted by atomic mass is 16.6. The molecule has 0 saturated heterocycles. The number of aliphatic hydroxyl groups is 1. The summed E-state index contributed by atoms with van der Waals surface area (Å²) < 4.78 is 5.27. The van der Waals surface area contributed by atoms with Gasteiger partial charge in [0.2, 0.25) is 0 Å². The molecule has 0 aliphatic rings. The molecule has 0 aromatic heterocycles. The molecule has 0 unspecified atom stereocenters. The van der Waals surface area contributed by atoms with Crippen molar-refractivity contribution < 1.29 is 14.6 Å². The summed E-state index contributed by atoms with van der Waals surface area (Å²) in [6, 6.07) is 0. The third kappa shape index (κ3) is 7.51. The van der Waals surface area contributed by atoms with Gasteiger partial charge in [-0.15, -0.1) is 0 Å². The molecule has 0 aliphatic carbocycles. The maximum Gasteiger partial charge on any atom is 0.410 e. The number of nitrogens with zero attached hydrogens (tertiary/aromatic N) is 1. The minimum Gasteiger partial charge on any atom is -0.444 e. The highest BCUT2D eigenvalue weighted by Crippen LogP contribution is 2.17. The van der Waals surface area contributed by atoms with Crippen LogP contribution in [0.1, 0.15) is 41.5 Å². The summed E-state index contributed by atoms with van der Waals surface area (Å²) >= 11 is 0. The van der Waals surface area contributed by atoms with Crippen molar-refractivity contribution in [1.82, 2.24) is 4.90 Å². The van der Waals surface area contributed by atoms with Crippen LogP contribution in [0.2, 0.25) is 0 Å². The quantitative estimate of drug-likeness (QED) is 0.810. The molecule has 0 radical (unpaired) electrons. The van der Waals surface area contributed by atoms with E-state index in [4.69, 9.17) is 9.84 Å². The zero-order valence-corrected chi connectivity index (χ0v) is 11.3. The highest BCUT2D eigenvalue weighted by Gasteiger charge is 2.25. The van der Waals surface area contributed by atoms with Gasteiger partial charge in [0.05, 0.1) is 6.61 Å². The van der Waals surface area contributed by atoms with Gasteiger partial charge in [0.1, 0.15) is 5.60 Å². The van der Waals surface area contributed by atoms with Gasteiger partial charge in [0, 0.05) is 13.1 Å². The molecular weight excluding hydrogens is 206 g/mol. The Kier molecular flexibility index (Phi) is 5.26. The molecule has 1 amide bonds. The first-order valence-electron chi connectivity index (χ1n) is 5.64. The Labute approximate surface area is 98.6 Å². The van der Waals surface area contributed by atoms with E-state index in [0.29, 0.717) is 13.1 Å². The number of aliphatic hydroxyl groups excluding tert-OH is 1. The minimum atomic E-state index is -0.497. The average molecular weight is 231 g/mol. The van der Waals surface area contributed by atoms with E-state index in [1.165, 1.54) is 0 Å². The lowest BCUT2D eigenvalue weighted by Gasteiger charge is -2.31. The van der Waals surface area contributed by atoms with Crippen molar-refractivity contribution in [2.75, 3.05) is 19.7 Å². The predicted octanol–water partition coefficient (Wildman–Crippen LogP) is 2.26. The molecule has 0 atom stereocenters. The number of hydrogen-bond acceptors (Lipinski definition) is 3. The van der Waals surface area contributed by atoms with E-state index in [0.717, 1.165) is 0 Å². The highest BCUT2D eigenvalue weighted by molar-refractivity contribution is 5.68. The lowest BCUT2D eigenvalue weighted by atomic mass is 9.96. The number of amides is 1. The Balaban J connectivity index is 4.47. The van der Waals surface area contributed by atoms with Crippen LogP contribution < -0.4 is 0 Å². The van der Waals surface area contributed by atoms with Gasteiger partial charge in [-0.3, -0.25) is 0 Å². The number of carbonyl (C=O) groups is 1. The van der Waals surface area contributed by atoms with Gasteiger partial charge in [0.25, 0.3) is 0 Å². The SMILES string of the molecule is CC(C)(C)CN(CCO)C(=O)OC(C)(C)C. The lowest BCUT2D eigenvalue weighted by molar-refractivity contribution is 0.0154. The topological polar surface area (TPSA) is 49.8 Å². The summed E-state index contributed by atoms with van der Waals surface area (Å²) in [6.45, 7) is 12.5. The summed E-state index contributed by atoms with van der Waals surface area (Å²) in [7, 11) is 0. The van der Waals surface area contributed by atoms with Crippen LogP contribution in [0, 0.1) is 5.41 Å². The molecule has 16 heavy (non-hydrogen) atoms. The Morgan fingerprint density at radius 1 is 1.19 bits per heavy atom. The van der Waals surface area contributed by atoms with Crippen LogP contribution in [-0.2, 0) is 4.74 Å². The summed E-state index contributed by atoms with van der Waals surface area (Å²) in [5.41, 5.74) is -0.505. The van der Waals surface area contributed by atoms with Gasteiger partial charge in [-0.05, 0) is 26.2 Å².